The van der Waals surface area contributed by atoms with Gasteiger partial charge in [-0.05, 0) is 6.92 Å². The lowest BCUT2D eigenvalue weighted by molar-refractivity contribution is -0.0954. The van der Waals surface area contributed by atoms with Gasteiger partial charge in [0.15, 0.2) is 11.7 Å². The SMILES string of the molecule is C[C@@]1(O)[C@H](O)[C@@H](CO)O[C@H]1n1cnc(=N)c2c(C#N)c[nH]c21. The van der Waals surface area contributed by atoms with Gasteiger partial charge in [0.25, 0.3) is 0 Å². The maximum absolute atomic E-state index is 10.5. The Labute approximate surface area is 124 Å². The Hall–Kier alpha value is -2.25. The third kappa shape index (κ3) is 1.86. The number of nitrogens with one attached hydrogen (secondary N) is 2. The van der Waals surface area contributed by atoms with E-state index >= 15 is 0 Å². The van der Waals surface area contributed by atoms with E-state index in [0.29, 0.717) is 11.0 Å². The molecule has 22 heavy (non-hydrogen) atoms. The fourth-order valence-corrected chi connectivity index (χ4v) is 2.75. The molecular formula is C13H15N5O4. The lowest BCUT2D eigenvalue weighted by Crippen LogP contribution is -2.44. The molecule has 3 heterocycles. The molecule has 0 unspecified atom stereocenters. The number of H-pyrrole nitrogens is 1. The lowest BCUT2D eigenvalue weighted by atomic mass is 9.96. The van der Waals surface area contributed by atoms with Crippen LogP contribution in [0, 0.1) is 16.7 Å². The van der Waals surface area contributed by atoms with Crippen LogP contribution in [0.1, 0.15) is 18.7 Å². The Morgan fingerprint density at radius 3 is 2.95 bits per heavy atom. The number of nitriles is 1. The maximum atomic E-state index is 10.5. The highest BCUT2D eigenvalue weighted by Crippen LogP contribution is 2.38. The van der Waals surface area contributed by atoms with E-state index in [2.05, 4.69) is 9.97 Å². The van der Waals surface area contributed by atoms with E-state index in [-0.39, 0.29) is 11.1 Å². The van der Waals surface area contributed by atoms with Crippen molar-refractivity contribution in [3.63, 3.8) is 0 Å². The number of ether oxygens (including phenoxy) is 1. The van der Waals surface area contributed by atoms with Crippen LogP contribution in [0.4, 0.5) is 0 Å². The first kappa shape index (κ1) is 14.7. The highest BCUT2D eigenvalue weighted by Gasteiger charge is 2.53. The summed E-state index contributed by atoms with van der Waals surface area (Å²) in [5.74, 6) is 0. The van der Waals surface area contributed by atoms with Crippen LogP contribution in [0.3, 0.4) is 0 Å². The number of fused-ring (bicyclic) bond motifs is 1. The van der Waals surface area contributed by atoms with Crippen molar-refractivity contribution in [1.29, 1.82) is 10.7 Å². The predicted molar refractivity (Wildman–Crippen MR) is 72.3 cm³/mol. The molecule has 2 aromatic heterocycles. The molecular weight excluding hydrogens is 290 g/mol. The Kier molecular flexibility index (Phi) is 3.26. The average Bonchev–Trinajstić information content (AvgIpc) is 3.02. The zero-order valence-electron chi connectivity index (χ0n) is 11.7. The second kappa shape index (κ2) is 4.89. The lowest BCUT2D eigenvalue weighted by Gasteiger charge is -2.28. The molecule has 9 nitrogen and oxygen atoms in total. The van der Waals surface area contributed by atoms with Gasteiger partial charge in [0.2, 0.25) is 0 Å². The van der Waals surface area contributed by atoms with E-state index in [9.17, 15) is 15.3 Å². The number of rotatable bonds is 2. The van der Waals surface area contributed by atoms with Gasteiger partial charge in [-0.25, -0.2) is 4.98 Å². The largest absolute Gasteiger partial charge is 0.394 e. The molecule has 1 aliphatic heterocycles. The van der Waals surface area contributed by atoms with E-state index in [4.69, 9.17) is 15.4 Å². The number of hydrogen-bond donors (Lipinski definition) is 5. The normalized spacial score (nSPS) is 31.5. The van der Waals surface area contributed by atoms with Crippen LogP contribution in [0.5, 0.6) is 0 Å². The van der Waals surface area contributed by atoms with Gasteiger partial charge in [0.1, 0.15) is 35.9 Å². The zero-order chi connectivity index (χ0) is 16.1. The van der Waals surface area contributed by atoms with Crippen LogP contribution in [0.25, 0.3) is 11.0 Å². The first-order valence-corrected chi connectivity index (χ1v) is 6.61. The molecule has 1 fully saturated rings. The number of aliphatic hydroxyl groups excluding tert-OH is 2. The first-order valence-electron chi connectivity index (χ1n) is 6.61. The number of aliphatic hydroxyl groups is 3. The summed E-state index contributed by atoms with van der Waals surface area (Å²) in [6.45, 7) is 0.940. The van der Waals surface area contributed by atoms with Crippen molar-refractivity contribution in [3.8, 4) is 6.07 Å². The molecule has 2 aromatic rings. The summed E-state index contributed by atoms with van der Waals surface area (Å²) >= 11 is 0. The van der Waals surface area contributed by atoms with Crippen LogP contribution < -0.4 is 5.49 Å². The molecule has 0 aliphatic carbocycles. The molecule has 116 valence electrons. The fraction of sp³-hybridized carbons (Fsp3) is 0.462. The molecule has 5 N–H and O–H groups in total. The smallest absolute Gasteiger partial charge is 0.168 e. The average molecular weight is 305 g/mol. The molecule has 1 aliphatic rings. The molecule has 0 amide bonds. The minimum atomic E-state index is -1.67. The second-order valence-electron chi connectivity index (χ2n) is 5.42. The number of nitrogens with zero attached hydrogens (tertiary/aromatic N) is 3. The fourth-order valence-electron chi connectivity index (χ4n) is 2.75. The maximum Gasteiger partial charge on any atom is 0.168 e. The highest BCUT2D eigenvalue weighted by atomic mass is 16.6. The Morgan fingerprint density at radius 1 is 1.64 bits per heavy atom. The number of aromatic amines is 1. The molecule has 0 bridgehead atoms. The van der Waals surface area contributed by atoms with Crippen molar-refractivity contribution in [2.24, 2.45) is 0 Å². The van der Waals surface area contributed by atoms with Crippen LogP contribution >= 0.6 is 0 Å². The third-order valence-corrected chi connectivity index (χ3v) is 3.97. The standard InChI is InChI=1S/C13H15N5O4/c1-13(21)9(20)7(4-19)22-12(13)18-5-17-10(15)8-6(2-14)3-16-11(8)18/h3,5,7,9,12,15-16,19-21H,4H2,1H3/t7-,9-,12-,13-/m1/s1. The van der Waals surface area contributed by atoms with Gasteiger partial charge >= 0.3 is 0 Å². The van der Waals surface area contributed by atoms with E-state index in [1.54, 1.807) is 0 Å². The minimum Gasteiger partial charge on any atom is -0.394 e. The quantitative estimate of drug-likeness (QED) is 0.466. The summed E-state index contributed by atoms with van der Waals surface area (Å²) in [5, 5.41) is 47.0. The monoisotopic (exact) mass is 305 g/mol. The highest BCUT2D eigenvalue weighted by molar-refractivity contribution is 5.81. The van der Waals surface area contributed by atoms with Crippen molar-refractivity contribution >= 4 is 11.0 Å². The summed E-state index contributed by atoms with van der Waals surface area (Å²) in [6, 6.07) is 1.96. The van der Waals surface area contributed by atoms with Crippen molar-refractivity contribution in [2.45, 2.75) is 31.0 Å². The number of hydrogen-bond acceptors (Lipinski definition) is 7. The summed E-state index contributed by atoms with van der Waals surface area (Å²) in [7, 11) is 0. The van der Waals surface area contributed by atoms with Crippen molar-refractivity contribution in [3.05, 3.63) is 23.6 Å². The molecule has 9 heteroatoms. The van der Waals surface area contributed by atoms with Gasteiger partial charge in [-0.2, -0.15) is 5.26 Å². The summed E-state index contributed by atoms with van der Waals surface area (Å²) < 4.78 is 6.93. The van der Waals surface area contributed by atoms with Crippen molar-refractivity contribution in [1.82, 2.24) is 14.5 Å². The van der Waals surface area contributed by atoms with Crippen molar-refractivity contribution < 1.29 is 20.1 Å². The summed E-state index contributed by atoms with van der Waals surface area (Å²) in [6.07, 6.45) is -0.534. The van der Waals surface area contributed by atoms with E-state index in [1.165, 1.54) is 24.0 Å². The number of aromatic nitrogens is 3. The molecule has 0 saturated carbocycles. The van der Waals surface area contributed by atoms with Gasteiger partial charge in [-0.1, -0.05) is 0 Å². The first-order chi connectivity index (χ1) is 10.4. The van der Waals surface area contributed by atoms with Gasteiger partial charge in [-0.15, -0.1) is 0 Å². The van der Waals surface area contributed by atoms with E-state index < -0.39 is 30.6 Å². The second-order valence-corrected chi connectivity index (χ2v) is 5.42. The zero-order valence-corrected chi connectivity index (χ0v) is 11.7. The molecule has 3 rings (SSSR count). The minimum absolute atomic E-state index is 0.0825. The van der Waals surface area contributed by atoms with Crippen LogP contribution in [0.2, 0.25) is 0 Å². The Balaban J connectivity index is 2.20. The van der Waals surface area contributed by atoms with Gasteiger partial charge in [-0.3, -0.25) is 9.98 Å². The topological polar surface area (TPSA) is 151 Å². The third-order valence-electron chi connectivity index (χ3n) is 3.97. The molecule has 0 radical (unpaired) electrons. The van der Waals surface area contributed by atoms with Crippen molar-refractivity contribution in [2.75, 3.05) is 6.61 Å². The molecule has 0 aromatic carbocycles. The van der Waals surface area contributed by atoms with E-state index in [0.717, 1.165) is 0 Å². The molecule has 0 spiro atoms. The summed E-state index contributed by atoms with van der Waals surface area (Å²) in [5.41, 5.74) is -1.14. The Bertz CT molecular complexity index is 818. The van der Waals surface area contributed by atoms with Crippen LogP contribution in [-0.2, 0) is 4.74 Å². The van der Waals surface area contributed by atoms with Gasteiger partial charge in [0, 0.05) is 6.20 Å². The predicted octanol–water partition coefficient (Wildman–Crippen LogP) is -1.28. The van der Waals surface area contributed by atoms with Crippen LogP contribution in [-0.4, -0.2) is 54.3 Å². The van der Waals surface area contributed by atoms with E-state index in [1.807, 2.05) is 6.07 Å². The molecule has 4 atom stereocenters. The summed E-state index contributed by atoms with van der Waals surface area (Å²) in [4.78, 5) is 6.75. The van der Waals surface area contributed by atoms with Gasteiger partial charge < -0.3 is 25.0 Å². The molecule has 1 saturated heterocycles. The van der Waals surface area contributed by atoms with Gasteiger partial charge in [0.05, 0.1) is 17.6 Å². The Morgan fingerprint density at radius 2 is 2.36 bits per heavy atom. The van der Waals surface area contributed by atoms with Crippen LogP contribution in [0.15, 0.2) is 12.5 Å².